The molecule has 0 spiro atoms. The van der Waals surface area contributed by atoms with Crippen LogP contribution in [0, 0.1) is 0 Å². The van der Waals surface area contributed by atoms with E-state index >= 15 is 0 Å². The molecule has 1 aliphatic heterocycles. The van der Waals surface area contributed by atoms with Crippen molar-refractivity contribution in [2.24, 2.45) is 0 Å². The van der Waals surface area contributed by atoms with Gasteiger partial charge < -0.3 is 14.4 Å². The number of cyclic esters (lactones) is 1. The standard InChI is InChI=1S/C11H12BrNO3/c12-9-2-1-3-10(8-9)15-6-4-13-5-7-16-11(13)14/h1-3,8H,4-7H2. The second-order valence-electron chi connectivity index (χ2n) is 3.41. The maximum Gasteiger partial charge on any atom is 0.410 e. The van der Waals surface area contributed by atoms with Crippen molar-refractivity contribution in [3.05, 3.63) is 28.7 Å². The number of hydrogen-bond donors (Lipinski definition) is 0. The van der Waals surface area contributed by atoms with E-state index in [1.807, 2.05) is 24.3 Å². The molecule has 1 aromatic rings. The summed E-state index contributed by atoms with van der Waals surface area (Å²) in [4.78, 5) is 12.7. The molecular weight excluding hydrogens is 274 g/mol. The predicted octanol–water partition coefficient (Wildman–Crippen LogP) is 2.28. The van der Waals surface area contributed by atoms with Crippen LogP contribution in [0.1, 0.15) is 0 Å². The van der Waals surface area contributed by atoms with E-state index in [1.165, 1.54) is 0 Å². The highest BCUT2D eigenvalue weighted by molar-refractivity contribution is 9.10. The zero-order valence-corrected chi connectivity index (χ0v) is 10.3. The second kappa shape index (κ2) is 5.21. The van der Waals surface area contributed by atoms with Crippen molar-refractivity contribution >= 4 is 22.0 Å². The number of halogens is 1. The molecule has 0 radical (unpaired) electrons. The van der Waals surface area contributed by atoms with Crippen LogP contribution in [0.25, 0.3) is 0 Å². The van der Waals surface area contributed by atoms with Crippen LogP contribution in [-0.2, 0) is 4.74 Å². The summed E-state index contributed by atoms with van der Waals surface area (Å²) in [5.74, 6) is 0.793. The monoisotopic (exact) mass is 285 g/mol. The first-order valence-corrected chi connectivity index (χ1v) is 5.85. The lowest BCUT2D eigenvalue weighted by Gasteiger charge is -2.13. The number of amides is 1. The largest absolute Gasteiger partial charge is 0.492 e. The Labute approximate surface area is 102 Å². The summed E-state index contributed by atoms with van der Waals surface area (Å²) < 4.78 is 11.3. The Bertz CT molecular complexity index is 383. The van der Waals surface area contributed by atoms with Gasteiger partial charge in [0.05, 0.1) is 13.1 Å². The van der Waals surface area contributed by atoms with Crippen molar-refractivity contribution in [2.45, 2.75) is 0 Å². The van der Waals surface area contributed by atoms with Crippen molar-refractivity contribution < 1.29 is 14.3 Å². The fourth-order valence-electron chi connectivity index (χ4n) is 1.46. The Balaban J connectivity index is 1.77. The first-order valence-electron chi connectivity index (χ1n) is 5.06. The van der Waals surface area contributed by atoms with E-state index < -0.39 is 0 Å². The Hall–Kier alpha value is -1.23. The normalized spacial score (nSPS) is 15.1. The molecule has 1 aliphatic rings. The van der Waals surface area contributed by atoms with Crippen LogP contribution in [0.4, 0.5) is 4.79 Å². The Kier molecular flexibility index (Phi) is 3.66. The van der Waals surface area contributed by atoms with Crippen molar-refractivity contribution in [3.63, 3.8) is 0 Å². The molecule has 0 unspecified atom stereocenters. The summed E-state index contributed by atoms with van der Waals surface area (Å²) in [7, 11) is 0. The van der Waals surface area contributed by atoms with Gasteiger partial charge in [-0.1, -0.05) is 22.0 Å². The zero-order chi connectivity index (χ0) is 11.4. The molecule has 4 nitrogen and oxygen atoms in total. The predicted molar refractivity (Wildman–Crippen MR) is 62.6 cm³/mol. The van der Waals surface area contributed by atoms with Crippen LogP contribution in [0.2, 0.25) is 0 Å². The van der Waals surface area contributed by atoms with E-state index in [2.05, 4.69) is 15.9 Å². The van der Waals surface area contributed by atoms with Gasteiger partial charge in [-0.25, -0.2) is 4.79 Å². The fraction of sp³-hybridized carbons (Fsp3) is 0.364. The van der Waals surface area contributed by atoms with Gasteiger partial charge in [-0.2, -0.15) is 0 Å². The number of carbonyl (C=O) groups excluding carboxylic acids is 1. The minimum Gasteiger partial charge on any atom is -0.492 e. The summed E-state index contributed by atoms with van der Waals surface area (Å²) in [6.07, 6.45) is -0.252. The Morgan fingerprint density at radius 3 is 3.06 bits per heavy atom. The molecule has 0 aromatic heterocycles. The van der Waals surface area contributed by atoms with Gasteiger partial charge in [0.1, 0.15) is 19.0 Å². The maximum atomic E-state index is 11.1. The van der Waals surface area contributed by atoms with E-state index in [-0.39, 0.29) is 6.09 Å². The van der Waals surface area contributed by atoms with Gasteiger partial charge in [0.2, 0.25) is 0 Å². The molecule has 86 valence electrons. The topological polar surface area (TPSA) is 38.8 Å². The van der Waals surface area contributed by atoms with E-state index in [1.54, 1.807) is 4.90 Å². The van der Waals surface area contributed by atoms with E-state index in [4.69, 9.17) is 9.47 Å². The van der Waals surface area contributed by atoms with Gasteiger partial charge in [0.15, 0.2) is 0 Å². The van der Waals surface area contributed by atoms with Gasteiger partial charge >= 0.3 is 6.09 Å². The van der Waals surface area contributed by atoms with Gasteiger partial charge in [-0.3, -0.25) is 0 Å². The third-order valence-electron chi connectivity index (χ3n) is 2.27. The minimum absolute atomic E-state index is 0.252. The zero-order valence-electron chi connectivity index (χ0n) is 8.69. The average Bonchev–Trinajstić information content (AvgIpc) is 2.65. The average molecular weight is 286 g/mol. The van der Waals surface area contributed by atoms with Crippen LogP contribution >= 0.6 is 15.9 Å². The van der Waals surface area contributed by atoms with Crippen LogP contribution in [0.3, 0.4) is 0 Å². The van der Waals surface area contributed by atoms with Crippen molar-refractivity contribution in [3.8, 4) is 5.75 Å². The molecule has 0 saturated carbocycles. The van der Waals surface area contributed by atoms with Gasteiger partial charge in [-0.15, -0.1) is 0 Å². The maximum absolute atomic E-state index is 11.1. The first kappa shape index (κ1) is 11.3. The van der Waals surface area contributed by atoms with Crippen molar-refractivity contribution in [1.29, 1.82) is 0 Å². The highest BCUT2D eigenvalue weighted by atomic mass is 79.9. The fourth-order valence-corrected chi connectivity index (χ4v) is 1.84. The third-order valence-corrected chi connectivity index (χ3v) is 2.76. The lowest BCUT2D eigenvalue weighted by molar-refractivity contribution is 0.153. The number of hydrogen-bond acceptors (Lipinski definition) is 3. The molecule has 0 bridgehead atoms. The lowest BCUT2D eigenvalue weighted by Crippen LogP contribution is -2.29. The number of ether oxygens (including phenoxy) is 2. The molecule has 1 aromatic carbocycles. The molecule has 1 heterocycles. The van der Waals surface area contributed by atoms with Crippen molar-refractivity contribution in [1.82, 2.24) is 4.90 Å². The molecule has 1 saturated heterocycles. The number of nitrogens with zero attached hydrogens (tertiary/aromatic N) is 1. The van der Waals surface area contributed by atoms with Gasteiger partial charge in [0, 0.05) is 4.47 Å². The molecule has 16 heavy (non-hydrogen) atoms. The molecule has 1 fully saturated rings. The summed E-state index contributed by atoms with van der Waals surface area (Å²) in [6.45, 7) is 2.17. The number of rotatable bonds is 4. The van der Waals surface area contributed by atoms with Crippen LogP contribution in [-0.4, -0.2) is 37.3 Å². The SMILES string of the molecule is O=C1OCCN1CCOc1cccc(Br)c1. The summed E-state index contributed by atoms with van der Waals surface area (Å²) >= 11 is 3.37. The van der Waals surface area contributed by atoms with E-state index in [0.717, 1.165) is 10.2 Å². The summed E-state index contributed by atoms with van der Waals surface area (Å²) in [5, 5.41) is 0. The van der Waals surface area contributed by atoms with Crippen molar-refractivity contribution in [2.75, 3.05) is 26.3 Å². The lowest BCUT2D eigenvalue weighted by atomic mass is 10.3. The molecule has 0 aliphatic carbocycles. The molecule has 0 N–H and O–H groups in total. The molecular formula is C11H12BrNO3. The first-order chi connectivity index (χ1) is 7.75. The highest BCUT2D eigenvalue weighted by Gasteiger charge is 2.21. The molecule has 5 heteroatoms. The Morgan fingerprint density at radius 1 is 1.50 bits per heavy atom. The quantitative estimate of drug-likeness (QED) is 0.852. The van der Waals surface area contributed by atoms with Crippen LogP contribution < -0.4 is 4.74 Å². The van der Waals surface area contributed by atoms with Crippen LogP contribution in [0.5, 0.6) is 5.75 Å². The van der Waals surface area contributed by atoms with Gasteiger partial charge in [-0.05, 0) is 18.2 Å². The summed E-state index contributed by atoms with van der Waals surface area (Å²) in [5.41, 5.74) is 0. The van der Waals surface area contributed by atoms with Crippen LogP contribution in [0.15, 0.2) is 28.7 Å². The Morgan fingerprint density at radius 2 is 2.38 bits per heavy atom. The smallest absolute Gasteiger partial charge is 0.410 e. The molecule has 0 atom stereocenters. The molecule has 1 amide bonds. The third kappa shape index (κ3) is 2.88. The molecule has 2 rings (SSSR count). The van der Waals surface area contributed by atoms with Gasteiger partial charge in [0.25, 0.3) is 0 Å². The number of benzene rings is 1. The minimum atomic E-state index is -0.252. The summed E-state index contributed by atoms with van der Waals surface area (Å²) in [6, 6.07) is 7.61. The van der Waals surface area contributed by atoms with E-state index in [0.29, 0.717) is 26.3 Å². The highest BCUT2D eigenvalue weighted by Crippen LogP contribution is 2.17. The number of carbonyl (C=O) groups is 1. The second-order valence-corrected chi connectivity index (χ2v) is 4.32. The van der Waals surface area contributed by atoms with E-state index in [9.17, 15) is 4.79 Å².